The summed E-state index contributed by atoms with van der Waals surface area (Å²) in [4.78, 5) is 13.0. The van der Waals surface area contributed by atoms with Crippen LogP contribution in [0.5, 0.6) is 5.75 Å². The maximum Gasteiger partial charge on any atom is 0.299 e. The van der Waals surface area contributed by atoms with Gasteiger partial charge in [0, 0.05) is 5.56 Å². The van der Waals surface area contributed by atoms with Gasteiger partial charge in [0.2, 0.25) is 0 Å². The van der Waals surface area contributed by atoms with Crippen LogP contribution in [0.3, 0.4) is 0 Å². The Kier molecular flexibility index (Phi) is 4.75. The Bertz CT molecular complexity index is 1350. The van der Waals surface area contributed by atoms with Gasteiger partial charge >= 0.3 is 0 Å². The first-order valence-corrected chi connectivity index (χ1v) is 10.3. The molecular formula is C25H22N4O2. The fourth-order valence-electron chi connectivity index (χ4n) is 4.10. The molecule has 0 atom stereocenters. The van der Waals surface area contributed by atoms with E-state index in [2.05, 4.69) is 27.5 Å². The second-order valence-electron chi connectivity index (χ2n) is 7.77. The number of hydrogen-bond acceptors (Lipinski definition) is 4. The van der Waals surface area contributed by atoms with E-state index in [9.17, 15) is 9.90 Å². The monoisotopic (exact) mass is 410 g/mol. The molecule has 4 aromatic rings. The van der Waals surface area contributed by atoms with Crippen LogP contribution in [-0.2, 0) is 12.8 Å². The molecule has 0 aliphatic heterocycles. The molecule has 0 saturated heterocycles. The molecule has 1 aromatic heterocycles. The number of aromatic amines is 1. The highest BCUT2D eigenvalue weighted by Gasteiger charge is 2.16. The van der Waals surface area contributed by atoms with Crippen molar-refractivity contribution in [2.75, 3.05) is 0 Å². The number of aromatic hydroxyl groups is 1. The predicted molar refractivity (Wildman–Crippen MR) is 121 cm³/mol. The zero-order valence-electron chi connectivity index (χ0n) is 17.2. The predicted octanol–water partition coefficient (Wildman–Crippen LogP) is 5.75. The van der Waals surface area contributed by atoms with Crippen LogP contribution in [0.2, 0.25) is 0 Å². The summed E-state index contributed by atoms with van der Waals surface area (Å²) in [5.74, 6) is 0.0320. The first-order valence-electron chi connectivity index (χ1n) is 10.3. The van der Waals surface area contributed by atoms with Crippen molar-refractivity contribution in [3.8, 4) is 22.6 Å². The summed E-state index contributed by atoms with van der Waals surface area (Å²) in [6.07, 6.45) is 3.29. The number of para-hydroxylation sites is 1. The lowest BCUT2D eigenvalue weighted by atomic mass is 10.0. The van der Waals surface area contributed by atoms with Gasteiger partial charge < -0.3 is 5.11 Å². The summed E-state index contributed by atoms with van der Waals surface area (Å²) < 4.78 is 1.50. The van der Waals surface area contributed by atoms with Crippen molar-refractivity contribution in [2.45, 2.75) is 26.2 Å². The minimum atomic E-state index is -0.266. The number of phenols is 1. The Labute approximate surface area is 179 Å². The Morgan fingerprint density at radius 2 is 1.74 bits per heavy atom. The fraction of sp³-hybridized carbons (Fsp3) is 0.160. The second kappa shape index (κ2) is 7.72. The Hall–Kier alpha value is -3.93. The molecule has 0 amide bonds. The summed E-state index contributed by atoms with van der Waals surface area (Å²) in [7, 11) is 0. The fourth-order valence-corrected chi connectivity index (χ4v) is 4.10. The van der Waals surface area contributed by atoms with Crippen LogP contribution in [0.1, 0.15) is 23.2 Å². The van der Waals surface area contributed by atoms with E-state index < -0.39 is 0 Å². The SMILES string of the molecule is Cc1[nH]n(-c2ccc3c(c2)CCC3)c(=O)c1N=Nc1cccc(-c2ccccc2)c1O. The van der Waals surface area contributed by atoms with Gasteiger partial charge in [-0.15, -0.1) is 10.2 Å². The van der Waals surface area contributed by atoms with Gasteiger partial charge in [-0.05, 0) is 61.1 Å². The zero-order chi connectivity index (χ0) is 21.4. The lowest BCUT2D eigenvalue weighted by molar-refractivity contribution is 0.478. The van der Waals surface area contributed by atoms with Crippen molar-refractivity contribution in [3.63, 3.8) is 0 Å². The number of H-pyrrole nitrogens is 1. The number of nitrogens with one attached hydrogen (secondary N) is 1. The molecule has 0 bridgehead atoms. The van der Waals surface area contributed by atoms with E-state index in [-0.39, 0.29) is 17.0 Å². The summed E-state index contributed by atoms with van der Waals surface area (Å²) >= 11 is 0. The minimum Gasteiger partial charge on any atom is -0.505 e. The Morgan fingerprint density at radius 1 is 0.935 bits per heavy atom. The first-order chi connectivity index (χ1) is 15.1. The molecule has 3 aromatic carbocycles. The molecule has 0 spiro atoms. The maximum atomic E-state index is 13.0. The van der Waals surface area contributed by atoms with Gasteiger partial charge in [0.05, 0.1) is 11.4 Å². The van der Waals surface area contributed by atoms with Gasteiger partial charge in [-0.2, -0.15) is 0 Å². The molecule has 6 heteroatoms. The van der Waals surface area contributed by atoms with Crippen molar-refractivity contribution in [1.82, 2.24) is 9.78 Å². The molecule has 0 saturated carbocycles. The van der Waals surface area contributed by atoms with Gasteiger partial charge in [0.1, 0.15) is 5.69 Å². The third-order valence-electron chi connectivity index (χ3n) is 5.74. The van der Waals surface area contributed by atoms with E-state index in [4.69, 9.17) is 0 Å². The molecule has 5 rings (SSSR count). The van der Waals surface area contributed by atoms with Crippen molar-refractivity contribution in [1.29, 1.82) is 0 Å². The topological polar surface area (TPSA) is 82.7 Å². The largest absolute Gasteiger partial charge is 0.505 e. The van der Waals surface area contributed by atoms with Crippen LogP contribution < -0.4 is 5.56 Å². The van der Waals surface area contributed by atoms with E-state index in [1.807, 2.05) is 48.5 Å². The van der Waals surface area contributed by atoms with Gasteiger partial charge in [0.15, 0.2) is 11.4 Å². The Balaban J connectivity index is 1.50. The maximum absolute atomic E-state index is 13.0. The van der Waals surface area contributed by atoms with Gasteiger partial charge in [-0.25, -0.2) is 4.68 Å². The third kappa shape index (κ3) is 3.46. The molecule has 0 fully saturated rings. The molecule has 6 nitrogen and oxygen atoms in total. The number of aromatic nitrogens is 2. The van der Waals surface area contributed by atoms with Gasteiger partial charge in [0.25, 0.3) is 5.56 Å². The number of hydrogen-bond donors (Lipinski definition) is 2. The summed E-state index contributed by atoms with van der Waals surface area (Å²) in [6.45, 7) is 1.79. The van der Waals surface area contributed by atoms with Crippen LogP contribution in [-0.4, -0.2) is 14.9 Å². The number of aryl methyl sites for hydroxylation is 3. The Morgan fingerprint density at radius 3 is 2.58 bits per heavy atom. The lowest BCUT2D eigenvalue weighted by Gasteiger charge is -2.06. The van der Waals surface area contributed by atoms with Crippen molar-refractivity contribution < 1.29 is 5.11 Å². The highest BCUT2D eigenvalue weighted by Crippen LogP contribution is 2.37. The van der Waals surface area contributed by atoms with E-state index in [0.29, 0.717) is 16.9 Å². The normalized spacial score (nSPS) is 13.1. The molecule has 1 aliphatic carbocycles. The van der Waals surface area contributed by atoms with Gasteiger partial charge in [-0.1, -0.05) is 48.5 Å². The number of benzene rings is 3. The molecular weight excluding hydrogens is 388 g/mol. The average molecular weight is 410 g/mol. The van der Waals surface area contributed by atoms with Crippen molar-refractivity contribution in [3.05, 3.63) is 93.9 Å². The first kappa shape index (κ1) is 19.1. The molecule has 0 radical (unpaired) electrons. The number of phenolic OH excluding ortho intramolecular Hbond substituents is 1. The second-order valence-corrected chi connectivity index (χ2v) is 7.77. The summed E-state index contributed by atoms with van der Waals surface area (Å²) in [6, 6.07) is 21.0. The standard InChI is InChI=1S/C25H22N4O2/c1-16-23(25(31)29(28-16)20-14-13-17-9-5-10-19(17)15-20)27-26-22-12-6-11-21(24(22)30)18-7-3-2-4-8-18/h2-4,6-8,11-15,28,30H,5,9-10H2,1H3. The van der Waals surface area contributed by atoms with Crippen molar-refractivity contribution in [2.24, 2.45) is 10.2 Å². The summed E-state index contributed by atoms with van der Waals surface area (Å²) in [5.41, 5.74) is 5.88. The third-order valence-corrected chi connectivity index (χ3v) is 5.74. The minimum absolute atomic E-state index is 0.0320. The van der Waals surface area contributed by atoms with E-state index in [1.54, 1.807) is 13.0 Å². The molecule has 31 heavy (non-hydrogen) atoms. The molecule has 2 N–H and O–H groups in total. The van der Waals surface area contributed by atoms with Crippen molar-refractivity contribution >= 4 is 11.4 Å². The number of azo groups is 1. The zero-order valence-corrected chi connectivity index (χ0v) is 17.2. The number of nitrogens with zero attached hydrogens (tertiary/aromatic N) is 3. The molecule has 1 heterocycles. The van der Waals surface area contributed by atoms with Gasteiger partial charge in [-0.3, -0.25) is 9.89 Å². The highest BCUT2D eigenvalue weighted by atomic mass is 16.3. The van der Waals surface area contributed by atoms with Crippen LogP contribution in [0.25, 0.3) is 16.8 Å². The van der Waals surface area contributed by atoms with Crippen LogP contribution in [0, 0.1) is 6.92 Å². The number of rotatable bonds is 4. The average Bonchev–Trinajstić information content (AvgIpc) is 3.37. The van der Waals surface area contributed by atoms with E-state index in [1.165, 1.54) is 15.8 Å². The quantitative estimate of drug-likeness (QED) is 0.420. The smallest absolute Gasteiger partial charge is 0.299 e. The van der Waals surface area contributed by atoms with E-state index in [0.717, 1.165) is 30.5 Å². The van der Waals surface area contributed by atoms with Crippen LogP contribution in [0.4, 0.5) is 11.4 Å². The number of fused-ring (bicyclic) bond motifs is 1. The molecule has 1 aliphatic rings. The van der Waals surface area contributed by atoms with E-state index >= 15 is 0 Å². The molecule has 154 valence electrons. The molecule has 0 unspecified atom stereocenters. The van der Waals surface area contributed by atoms with Crippen LogP contribution >= 0.6 is 0 Å². The van der Waals surface area contributed by atoms with Crippen LogP contribution in [0.15, 0.2) is 81.8 Å². The summed E-state index contributed by atoms with van der Waals surface area (Å²) in [5, 5.41) is 22.2. The lowest BCUT2D eigenvalue weighted by Crippen LogP contribution is -2.14. The highest BCUT2D eigenvalue weighted by molar-refractivity contribution is 5.76.